The van der Waals surface area contributed by atoms with Gasteiger partial charge in [-0.25, -0.2) is 25.3 Å². The second-order valence-corrected chi connectivity index (χ2v) is 20.4. The Labute approximate surface area is 443 Å². The Hall–Kier alpha value is -1.28. The molecule has 1 aromatic rings. The van der Waals surface area contributed by atoms with E-state index in [2.05, 4.69) is 15.7 Å². The average Bonchev–Trinajstić information content (AvgIpc) is 3.52. The number of nitrogens with one attached hydrogen (secondary N) is 2. The molecule has 18 nitrogen and oxygen atoms in total. The van der Waals surface area contributed by atoms with E-state index < -0.39 is 75.5 Å². The van der Waals surface area contributed by atoms with Crippen LogP contribution in [-0.2, 0) is 50.2 Å². The zero-order valence-corrected chi connectivity index (χ0v) is 46.0. The maximum Gasteiger partial charge on any atom is 1.00 e. The standard InChI is InChI=1S/C40H57N5O13S3.3Na/c1-29-39(2)22-20-36(46)41-23-10-9-14-32(38(48)49)42-37(47)17-8-5-11-24-44-33-19-18-30(61(56,57)58)28-31(33)40(3,21-12-26-59(50,51)52)34(44)15-6-4-7-16-35(39)45(43-29)25-13-27-60(53,54)55;;;/h4,6-7,15-16,18-19,28,32H,5,8-14,17,20-27H2,1-3H3,(H5-,41,42,46,47,48,49,50,51,52,53,54,55,56,57,58);;;/q;3*+1/p-3. The molecular formula is C40H54N5Na3O13S3. The summed E-state index contributed by atoms with van der Waals surface area (Å²) in [5, 5.41) is 23.5. The average molecular weight is 978 g/mol. The zero-order valence-electron chi connectivity index (χ0n) is 37.6. The van der Waals surface area contributed by atoms with Crippen molar-refractivity contribution in [3.05, 3.63) is 59.8 Å². The molecule has 0 saturated carbocycles. The number of hydrazone groups is 1. The van der Waals surface area contributed by atoms with Crippen LogP contribution < -0.4 is 104 Å². The van der Waals surface area contributed by atoms with Crippen LogP contribution in [0.3, 0.4) is 0 Å². The molecule has 338 valence electrons. The number of nitrogens with zero attached hydrogens (tertiary/aromatic N) is 3. The number of amides is 2. The SMILES string of the molecule is CC1=NN(CCCS(=O)(=O)[O-])/C2=C/C=C/C=C/C3=[N+](CCCCCC(=O)NC(C(=O)[O-])CCCCNC(=O)CCC12C)c1ccc(S(=O)(=O)[O-])cc1C3(C)CCCS(=O)(=O)[O-].[Na+].[Na+].[Na+]. The number of carbonyl (C=O) groups is 3. The van der Waals surface area contributed by atoms with Gasteiger partial charge in [0.2, 0.25) is 17.5 Å². The number of carbonyl (C=O) groups excluding carboxylic acids is 3. The molecule has 0 spiro atoms. The quantitative estimate of drug-likeness (QED) is 0.125. The molecule has 4 rings (SSSR count). The van der Waals surface area contributed by atoms with Crippen molar-refractivity contribution in [1.82, 2.24) is 15.6 Å². The van der Waals surface area contributed by atoms with Gasteiger partial charge in [0.25, 0.3) is 0 Å². The van der Waals surface area contributed by atoms with E-state index in [1.165, 1.54) is 18.2 Å². The molecular weight excluding hydrogens is 924 g/mol. The van der Waals surface area contributed by atoms with E-state index in [4.69, 9.17) is 0 Å². The molecule has 3 aliphatic heterocycles. The van der Waals surface area contributed by atoms with Crippen LogP contribution in [0.25, 0.3) is 0 Å². The number of carboxylic acids is 1. The van der Waals surface area contributed by atoms with Crippen LogP contribution in [0.5, 0.6) is 0 Å². The number of fused-ring (bicyclic) bond motifs is 3. The molecule has 3 unspecified atom stereocenters. The van der Waals surface area contributed by atoms with Crippen molar-refractivity contribution >= 4 is 65.2 Å². The predicted molar refractivity (Wildman–Crippen MR) is 220 cm³/mol. The molecule has 0 radical (unpaired) electrons. The van der Waals surface area contributed by atoms with Gasteiger partial charge in [-0.2, -0.15) is 9.68 Å². The van der Waals surface area contributed by atoms with Gasteiger partial charge in [-0.1, -0.05) is 18.2 Å². The number of benzene rings is 1. The molecule has 0 fully saturated rings. The fourth-order valence-electron chi connectivity index (χ4n) is 8.01. The fourth-order valence-corrected chi connectivity index (χ4v) is 9.49. The Morgan fingerprint density at radius 1 is 0.875 bits per heavy atom. The molecule has 0 aliphatic carbocycles. The first-order chi connectivity index (χ1) is 28.4. The van der Waals surface area contributed by atoms with E-state index in [9.17, 15) is 58.4 Å². The van der Waals surface area contributed by atoms with Gasteiger partial charge in [-0.15, -0.1) is 0 Å². The Kier molecular flexibility index (Phi) is 25.1. The minimum absolute atomic E-state index is 0. The Morgan fingerprint density at radius 2 is 1.55 bits per heavy atom. The summed E-state index contributed by atoms with van der Waals surface area (Å²) in [5.74, 6) is -3.42. The largest absolute Gasteiger partial charge is 1.00 e. The molecule has 0 bridgehead atoms. The van der Waals surface area contributed by atoms with Crippen LogP contribution in [0.2, 0.25) is 0 Å². The summed E-state index contributed by atoms with van der Waals surface area (Å²) in [6.07, 6.45) is 11.5. The van der Waals surface area contributed by atoms with Crippen LogP contribution in [-0.4, -0.2) is 115 Å². The van der Waals surface area contributed by atoms with E-state index in [0.29, 0.717) is 73.4 Å². The molecule has 0 aromatic heterocycles. The van der Waals surface area contributed by atoms with E-state index in [1.807, 2.05) is 11.5 Å². The van der Waals surface area contributed by atoms with E-state index in [-0.39, 0.29) is 146 Å². The minimum atomic E-state index is -4.89. The second-order valence-electron chi connectivity index (χ2n) is 16.0. The molecule has 64 heavy (non-hydrogen) atoms. The predicted octanol–water partition coefficient (Wildman–Crippen LogP) is -7.21. The Bertz CT molecular complexity index is 2340. The van der Waals surface area contributed by atoms with E-state index in [1.54, 1.807) is 49.2 Å². The van der Waals surface area contributed by atoms with Crippen LogP contribution in [0.1, 0.15) is 103 Å². The van der Waals surface area contributed by atoms with Gasteiger partial charge in [-0.3, -0.25) is 14.6 Å². The Balaban J connectivity index is 0.00000683. The van der Waals surface area contributed by atoms with Crippen molar-refractivity contribution in [3.63, 3.8) is 0 Å². The Morgan fingerprint density at radius 3 is 2.19 bits per heavy atom. The third kappa shape index (κ3) is 17.7. The third-order valence-electron chi connectivity index (χ3n) is 11.5. The summed E-state index contributed by atoms with van der Waals surface area (Å²) in [6, 6.07) is 2.74. The number of rotatable bonds is 10. The molecule has 2 amide bonds. The zero-order chi connectivity index (χ0) is 45.2. The first-order valence-electron chi connectivity index (χ1n) is 20.2. The summed E-state index contributed by atoms with van der Waals surface area (Å²) >= 11 is 0. The van der Waals surface area contributed by atoms with Crippen molar-refractivity contribution in [2.75, 3.05) is 31.1 Å². The van der Waals surface area contributed by atoms with Crippen molar-refractivity contribution in [3.8, 4) is 0 Å². The van der Waals surface area contributed by atoms with Gasteiger partial charge < -0.3 is 34.2 Å². The first kappa shape index (κ1) is 60.7. The van der Waals surface area contributed by atoms with Gasteiger partial charge >= 0.3 is 88.7 Å². The first-order valence-corrected chi connectivity index (χ1v) is 24.8. The molecule has 0 saturated heterocycles. The molecule has 2 N–H and O–H groups in total. The van der Waals surface area contributed by atoms with Crippen molar-refractivity contribution < 1.29 is 152 Å². The maximum absolute atomic E-state index is 13.0. The second kappa shape index (κ2) is 26.5. The monoisotopic (exact) mass is 977 g/mol. The molecule has 1 aromatic carbocycles. The summed E-state index contributed by atoms with van der Waals surface area (Å²) < 4.78 is 108. The molecule has 24 heteroatoms. The minimum Gasteiger partial charge on any atom is -0.748 e. The van der Waals surface area contributed by atoms with Crippen LogP contribution in [0.15, 0.2) is 64.3 Å². The van der Waals surface area contributed by atoms with Crippen molar-refractivity contribution in [1.29, 1.82) is 0 Å². The molecule has 3 aliphatic rings. The van der Waals surface area contributed by atoms with Gasteiger partial charge in [0.05, 0.1) is 42.6 Å². The topological polar surface area (TPSA) is 289 Å². The fraction of sp³-hybridized carbons (Fsp3) is 0.575. The number of aliphatic carboxylic acids is 1. The number of hydrogen-bond acceptors (Lipinski definition) is 15. The molecule has 3 heterocycles. The number of hydrogen-bond donors (Lipinski definition) is 2. The van der Waals surface area contributed by atoms with Gasteiger partial charge in [0, 0.05) is 78.4 Å². The summed E-state index contributed by atoms with van der Waals surface area (Å²) in [4.78, 5) is 37.1. The number of carboxylic acid groups (broad SMARTS) is 1. The van der Waals surface area contributed by atoms with Gasteiger partial charge in [0.15, 0.2) is 5.71 Å². The molecule has 3 atom stereocenters. The summed E-state index contributed by atoms with van der Waals surface area (Å²) in [5.41, 5.74) is 1.04. The maximum atomic E-state index is 13.0. The van der Waals surface area contributed by atoms with Crippen LogP contribution in [0, 0.1) is 5.41 Å². The summed E-state index contributed by atoms with van der Waals surface area (Å²) in [7, 11) is -14.0. The van der Waals surface area contributed by atoms with Gasteiger partial charge in [0.1, 0.15) is 16.7 Å². The van der Waals surface area contributed by atoms with Crippen LogP contribution in [0.4, 0.5) is 5.69 Å². The van der Waals surface area contributed by atoms with Crippen molar-refractivity contribution in [2.45, 2.75) is 114 Å². The van der Waals surface area contributed by atoms with E-state index in [0.717, 1.165) is 0 Å². The van der Waals surface area contributed by atoms with Crippen LogP contribution >= 0.6 is 0 Å². The van der Waals surface area contributed by atoms with Crippen molar-refractivity contribution in [2.24, 2.45) is 10.5 Å². The van der Waals surface area contributed by atoms with E-state index >= 15 is 0 Å². The third-order valence-corrected chi connectivity index (χ3v) is 13.9. The summed E-state index contributed by atoms with van der Waals surface area (Å²) in [6.45, 7) is 6.18. The number of allylic oxidation sites excluding steroid dienone is 6. The smallest absolute Gasteiger partial charge is 0.748 e. The normalized spacial score (nSPS) is 25.0. The van der Waals surface area contributed by atoms with Gasteiger partial charge in [-0.05, 0) is 96.8 Å².